The summed E-state index contributed by atoms with van der Waals surface area (Å²) >= 11 is 12.8. The highest BCUT2D eigenvalue weighted by Gasteiger charge is 2.05. The van der Waals surface area contributed by atoms with Crippen LogP contribution in [0.1, 0.15) is 5.56 Å². The van der Waals surface area contributed by atoms with Gasteiger partial charge in [-0.2, -0.15) is 5.10 Å². The number of hydrogen-bond acceptors (Lipinski definition) is 1. The Balaban J connectivity index is 2.55. The molecule has 0 saturated carbocycles. The third-order valence-corrected chi connectivity index (χ3v) is 3.24. The van der Waals surface area contributed by atoms with Gasteiger partial charge in [-0.3, -0.25) is 0 Å². The second-order valence-corrected chi connectivity index (χ2v) is 4.92. The molecule has 0 aliphatic carbocycles. The average molecular weight is 350 g/mol. The van der Waals surface area contributed by atoms with Crippen LogP contribution in [-0.4, -0.2) is 9.78 Å². The summed E-state index contributed by atoms with van der Waals surface area (Å²) in [7, 11) is 0. The average Bonchev–Trinajstić information content (AvgIpc) is 2.65. The molecule has 0 fully saturated rings. The molecule has 2 aromatic rings. The lowest BCUT2D eigenvalue weighted by atomic mass is 10.2. The fourth-order valence-electron chi connectivity index (χ4n) is 1.30. The van der Waals surface area contributed by atoms with Crippen molar-refractivity contribution in [1.29, 1.82) is 0 Å². The van der Waals surface area contributed by atoms with Gasteiger partial charge < -0.3 is 0 Å². The Hall–Kier alpha value is -0.320. The second kappa shape index (κ2) is 4.68. The molecule has 78 valence electrons. The van der Waals surface area contributed by atoms with E-state index >= 15 is 0 Å². The monoisotopic (exact) mass is 348 g/mol. The standard InChI is InChI=1S/C10H7Br2ClN2/c11-4-7-1-2-9(13)3-10(7)15-6-8(12)5-14-15/h1-3,5-6H,4H2. The molecule has 0 spiro atoms. The first-order valence-electron chi connectivity index (χ1n) is 4.25. The molecule has 1 aromatic carbocycles. The fourth-order valence-corrected chi connectivity index (χ4v) is 2.22. The number of aromatic nitrogens is 2. The third-order valence-electron chi connectivity index (χ3n) is 1.99. The van der Waals surface area contributed by atoms with Crippen molar-refractivity contribution in [2.45, 2.75) is 5.33 Å². The minimum absolute atomic E-state index is 0.710. The quantitative estimate of drug-likeness (QED) is 0.743. The molecule has 0 saturated heterocycles. The van der Waals surface area contributed by atoms with Gasteiger partial charge in [0.1, 0.15) is 0 Å². The summed E-state index contributed by atoms with van der Waals surface area (Å²) in [6.07, 6.45) is 3.65. The first kappa shape index (κ1) is 11.2. The zero-order valence-electron chi connectivity index (χ0n) is 7.62. The molecular formula is C10H7Br2ClN2. The highest BCUT2D eigenvalue weighted by molar-refractivity contribution is 9.10. The Morgan fingerprint density at radius 2 is 2.20 bits per heavy atom. The molecule has 0 N–H and O–H groups in total. The van der Waals surface area contributed by atoms with E-state index in [9.17, 15) is 0 Å². The smallest absolute Gasteiger partial charge is 0.0701 e. The summed E-state index contributed by atoms with van der Waals surface area (Å²) in [5.74, 6) is 0. The number of halogens is 3. The fraction of sp³-hybridized carbons (Fsp3) is 0.100. The molecule has 0 atom stereocenters. The summed E-state index contributed by atoms with van der Waals surface area (Å²) in [5.41, 5.74) is 2.14. The van der Waals surface area contributed by atoms with Crippen molar-refractivity contribution in [2.75, 3.05) is 0 Å². The molecule has 0 aliphatic heterocycles. The Morgan fingerprint density at radius 3 is 2.80 bits per heavy atom. The Bertz CT molecular complexity index is 482. The second-order valence-electron chi connectivity index (χ2n) is 3.01. The number of hydrogen-bond donors (Lipinski definition) is 0. The predicted molar refractivity (Wildman–Crippen MR) is 68.9 cm³/mol. The molecule has 0 aliphatic rings. The van der Waals surface area contributed by atoms with Gasteiger partial charge in [0.15, 0.2) is 0 Å². The van der Waals surface area contributed by atoms with Gasteiger partial charge in [-0.25, -0.2) is 4.68 Å². The lowest BCUT2D eigenvalue weighted by Gasteiger charge is -2.07. The van der Waals surface area contributed by atoms with Crippen LogP contribution >= 0.6 is 43.5 Å². The minimum atomic E-state index is 0.710. The van der Waals surface area contributed by atoms with Crippen molar-refractivity contribution in [3.63, 3.8) is 0 Å². The van der Waals surface area contributed by atoms with Crippen LogP contribution in [0.4, 0.5) is 0 Å². The molecule has 2 rings (SSSR count). The van der Waals surface area contributed by atoms with Crippen molar-refractivity contribution in [3.8, 4) is 5.69 Å². The lowest BCUT2D eigenvalue weighted by Crippen LogP contribution is -1.98. The van der Waals surface area contributed by atoms with Crippen molar-refractivity contribution in [1.82, 2.24) is 9.78 Å². The zero-order chi connectivity index (χ0) is 10.8. The van der Waals surface area contributed by atoms with Crippen molar-refractivity contribution in [3.05, 3.63) is 45.7 Å². The van der Waals surface area contributed by atoms with Crippen LogP contribution in [0, 0.1) is 0 Å². The highest BCUT2D eigenvalue weighted by Crippen LogP contribution is 2.22. The van der Waals surface area contributed by atoms with E-state index in [0.717, 1.165) is 21.1 Å². The minimum Gasteiger partial charge on any atom is -0.239 e. The Morgan fingerprint density at radius 1 is 1.40 bits per heavy atom. The molecule has 0 unspecified atom stereocenters. The van der Waals surface area contributed by atoms with Gasteiger partial charge in [0.05, 0.1) is 16.4 Å². The summed E-state index contributed by atoms with van der Waals surface area (Å²) in [4.78, 5) is 0. The predicted octanol–water partition coefficient (Wildman–Crippen LogP) is 4.18. The van der Waals surface area contributed by atoms with E-state index in [4.69, 9.17) is 11.6 Å². The van der Waals surface area contributed by atoms with Gasteiger partial charge in [-0.05, 0) is 33.6 Å². The molecule has 0 radical (unpaired) electrons. The highest BCUT2D eigenvalue weighted by atomic mass is 79.9. The van der Waals surface area contributed by atoms with Crippen LogP contribution in [0.25, 0.3) is 5.69 Å². The summed E-state index contributed by atoms with van der Waals surface area (Å²) in [6.45, 7) is 0. The molecular weight excluding hydrogens is 343 g/mol. The van der Waals surface area contributed by atoms with Gasteiger partial charge in [0.2, 0.25) is 0 Å². The zero-order valence-corrected chi connectivity index (χ0v) is 11.6. The maximum absolute atomic E-state index is 5.96. The molecule has 1 aromatic heterocycles. The number of rotatable bonds is 2. The SMILES string of the molecule is Clc1ccc(CBr)c(-n2cc(Br)cn2)c1. The summed E-state index contributed by atoms with van der Waals surface area (Å²) in [5, 5.41) is 5.71. The van der Waals surface area contributed by atoms with E-state index in [-0.39, 0.29) is 0 Å². The Kier molecular flexibility index (Phi) is 3.49. The first-order valence-corrected chi connectivity index (χ1v) is 6.55. The third kappa shape index (κ3) is 2.44. The largest absolute Gasteiger partial charge is 0.239 e. The van der Waals surface area contributed by atoms with Crippen LogP contribution in [-0.2, 0) is 5.33 Å². The van der Waals surface area contributed by atoms with Crippen molar-refractivity contribution in [2.24, 2.45) is 0 Å². The van der Waals surface area contributed by atoms with E-state index in [1.165, 1.54) is 0 Å². The molecule has 15 heavy (non-hydrogen) atoms. The van der Waals surface area contributed by atoms with E-state index in [1.54, 1.807) is 10.9 Å². The van der Waals surface area contributed by atoms with E-state index in [1.807, 2.05) is 24.4 Å². The summed E-state index contributed by atoms with van der Waals surface area (Å²) in [6, 6.07) is 5.76. The topological polar surface area (TPSA) is 17.8 Å². The molecule has 2 nitrogen and oxygen atoms in total. The maximum atomic E-state index is 5.96. The van der Waals surface area contributed by atoms with E-state index < -0.39 is 0 Å². The van der Waals surface area contributed by atoms with E-state index in [0.29, 0.717) is 5.02 Å². The van der Waals surface area contributed by atoms with Crippen LogP contribution in [0.5, 0.6) is 0 Å². The van der Waals surface area contributed by atoms with Crippen LogP contribution in [0.15, 0.2) is 35.1 Å². The number of alkyl halides is 1. The van der Waals surface area contributed by atoms with Gasteiger partial charge >= 0.3 is 0 Å². The maximum Gasteiger partial charge on any atom is 0.0701 e. The Labute approximate surface area is 109 Å². The molecule has 1 heterocycles. The number of nitrogens with zero attached hydrogens (tertiary/aromatic N) is 2. The van der Waals surface area contributed by atoms with Crippen LogP contribution < -0.4 is 0 Å². The molecule has 0 amide bonds. The van der Waals surface area contributed by atoms with Gasteiger partial charge in [-0.1, -0.05) is 33.6 Å². The van der Waals surface area contributed by atoms with Crippen LogP contribution in [0.2, 0.25) is 5.02 Å². The van der Waals surface area contributed by atoms with E-state index in [2.05, 4.69) is 37.0 Å². The summed E-state index contributed by atoms with van der Waals surface area (Å²) < 4.78 is 2.75. The van der Waals surface area contributed by atoms with Gasteiger partial charge in [0, 0.05) is 16.5 Å². The normalized spacial score (nSPS) is 10.6. The van der Waals surface area contributed by atoms with Crippen molar-refractivity contribution < 1.29 is 0 Å². The van der Waals surface area contributed by atoms with Gasteiger partial charge in [0.25, 0.3) is 0 Å². The number of benzene rings is 1. The van der Waals surface area contributed by atoms with Gasteiger partial charge in [-0.15, -0.1) is 0 Å². The first-order chi connectivity index (χ1) is 7.20. The molecule has 0 bridgehead atoms. The van der Waals surface area contributed by atoms with Crippen molar-refractivity contribution >= 4 is 43.5 Å². The lowest BCUT2D eigenvalue weighted by molar-refractivity contribution is 0.872. The van der Waals surface area contributed by atoms with Crippen LogP contribution in [0.3, 0.4) is 0 Å². The molecule has 5 heteroatoms.